The molecule has 2 aromatic rings. The summed E-state index contributed by atoms with van der Waals surface area (Å²) in [5.74, 6) is 0. The first-order chi connectivity index (χ1) is 9.38. The van der Waals surface area contributed by atoms with Crippen molar-refractivity contribution in [1.29, 1.82) is 0 Å². The smallest absolute Gasteiger partial charge is 0.264 e. The van der Waals surface area contributed by atoms with E-state index in [4.69, 9.17) is 0 Å². The molecular weight excluding hydrogens is 254 g/mol. The van der Waals surface area contributed by atoms with Crippen LogP contribution in [0.15, 0.2) is 17.3 Å². The minimum absolute atomic E-state index is 0.00752. The number of aromatic nitrogens is 4. The van der Waals surface area contributed by atoms with Gasteiger partial charge in [-0.25, -0.2) is 4.98 Å². The number of unbranched alkanes of at least 4 members (excludes halogenated alkanes) is 1. The number of nitrogens with one attached hydrogen (secondary N) is 1. The highest BCUT2D eigenvalue weighted by Gasteiger charge is 2.09. The van der Waals surface area contributed by atoms with E-state index < -0.39 is 0 Å². The molecule has 0 spiro atoms. The molecule has 2 rings (SSSR count). The van der Waals surface area contributed by atoms with E-state index >= 15 is 0 Å². The molecule has 0 aromatic carbocycles. The largest absolute Gasteiger partial charge is 0.312 e. The Kier molecular flexibility index (Phi) is 4.23. The second kappa shape index (κ2) is 5.75. The maximum absolute atomic E-state index is 12.2. The average Bonchev–Trinajstić information content (AvgIpc) is 2.73. The molecule has 0 bridgehead atoms. The molecule has 6 nitrogen and oxygen atoms in total. The van der Waals surface area contributed by atoms with Crippen molar-refractivity contribution in [1.82, 2.24) is 24.6 Å². The van der Waals surface area contributed by atoms with Gasteiger partial charge in [-0.05, 0) is 40.2 Å². The summed E-state index contributed by atoms with van der Waals surface area (Å²) < 4.78 is 3.29. The Morgan fingerprint density at radius 2 is 2.05 bits per heavy atom. The summed E-state index contributed by atoms with van der Waals surface area (Å²) in [6, 6.07) is 0. The summed E-state index contributed by atoms with van der Waals surface area (Å²) in [7, 11) is 1.79. The van der Waals surface area contributed by atoms with Gasteiger partial charge in [0.2, 0.25) is 0 Å². The number of hydrogen-bond acceptors (Lipinski definition) is 4. The highest BCUT2D eigenvalue weighted by atomic mass is 16.1. The lowest BCUT2D eigenvalue weighted by atomic mass is 10.1. The van der Waals surface area contributed by atoms with Gasteiger partial charge >= 0.3 is 0 Å². The summed E-state index contributed by atoms with van der Waals surface area (Å²) >= 11 is 0. The lowest BCUT2D eigenvalue weighted by Crippen LogP contribution is -2.36. The first-order valence-electron chi connectivity index (χ1n) is 7.01. The highest BCUT2D eigenvalue weighted by molar-refractivity contribution is 5.72. The molecule has 0 saturated carbocycles. The number of fused-ring (bicyclic) bond motifs is 1. The van der Waals surface area contributed by atoms with E-state index in [0.717, 1.165) is 19.4 Å². The third-order valence-corrected chi connectivity index (χ3v) is 3.20. The van der Waals surface area contributed by atoms with Gasteiger partial charge in [-0.3, -0.25) is 14.0 Å². The van der Waals surface area contributed by atoms with Crippen LogP contribution in [0.1, 0.15) is 33.6 Å². The Balaban J connectivity index is 1.94. The van der Waals surface area contributed by atoms with E-state index in [9.17, 15) is 4.79 Å². The zero-order valence-corrected chi connectivity index (χ0v) is 12.7. The number of rotatable bonds is 5. The molecule has 110 valence electrons. The first kappa shape index (κ1) is 14.7. The molecule has 2 aromatic heterocycles. The molecule has 0 atom stereocenters. The third-order valence-electron chi connectivity index (χ3n) is 3.20. The van der Waals surface area contributed by atoms with Crippen molar-refractivity contribution >= 4 is 11.0 Å². The van der Waals surface area contributed by atoms with E-state index in [1.165, 1.54) is 0 Å². The Hall–Kier alpha value is -1.69. The minimum atomic E-state index is -0.00752. The van der Waals surface area contributed by atoms with Gasteiger partial charge in [-0.2, -0.15) is 5.10 Å². The van der Waals surface area contributed by atoms with E-state index in [2.05, 4.69) is 36.2 Å². The maximum Gasteiger partial charge on any atom is 0.264 e. The Labute approximate surface area is 118 Å². The molecule has 0 aliphatic heterocycles. The second-order valence-electron chi connectivity index (χ2n) is 6.13. The van der Waals surface area contributed by atoms with Crippen molar-refractivity contribution in [3.63, 3.8) is 0 Å². The third kappa shape index (κ3) is 3.45. The van der Waals surface area contributed by atoms with Crippen LogP contribution < -0.4 is 10.9 Å². The predicted molar refractivity (Wildman–Crippen MR) is 79.8 cm³/mol. The van der Waals surface area contributed by atoms with Crippen LogP contribution in [0.4, 0.5) is 0 Å². The maximum atomic E-state index is 12.2. The van der Waals surface area contributed by atoms with E-state index in [1.807, 2.05) is 0 Å². The van der Waals surface area contributed by atoms with Gasteiger partial charge in [-0.1, -0.05) is 0 Å². The van der Waals surface area contributed by atoms with Crippen molar-refractivity contribution in [2.45, 2.75) is 45.7 Å². The lowest BCUT2D eigenvalue weighted by Gasteiger charge is -2.20. The van der Waals surface area contributed by atoms with Crippen molar-refractivity contribution in [2.24, 2.45) is 7.05 Å². The van der Waals surface area contributed by atoms with Gasteiger partial charge in [-0.15, -0.1) is 0 Å². The molecule has 0 amide bonds. The van der Waals surface area contributed by atoms with Crippen LogP contribution in [0.2, 0.25) is 0 Å². The number of hydrogen-bond donors (Lipinski definition) is 1. The van der Waals surface area contributed by atoms with E-state index in [-0.39, 0.29) is 11.1 Å². The van der Waals surface area contributed by atoms with E-state index in [0.29, 0.717) is 17.6 Å². The van der Waals surface area contributed by atoms with Crippen molar-refractivity contribution in [3.05, 3.63) is 22.9 Å². The molecule has 2 heterocycles. The molecule has 0 saturated heterocycles. The average molecular weight is 277 g/mol. The van der Waals surface area contributed by atoms with Gasteiger partial charge in [0.1, 0.15) is 5.39 Å². The molecule has 6 heteroatoms. The molecule has 0 radical (unpaired) electrons. The fraction of sp³-hybridized carbons (Fsp3) is 0.643. The summed E-state index contributed by atoms with van der Waals surface area (Å²) in [5, 5.41) is 8.09. The van der Waals surface area contributed by atoms with Gasteiger partial charge in [0.15, 0.2) is 5.65 Å². The van der Waals surface area contributed by atoms with Gasteiger partial charge < -0.3 is 5.32 Å². The quantitative estimate of drug-likeness (QED) is 0.837. The van der Waals surface area contributed by atoms with Crippen LogP contribution >= 0.6 is 0 Å². The molecule has 20 heavy (non-hydrogen) atoms. The Bertz CT molecular complexity index is 635. The molecule has 0 fully saturated rings. The minimum Gasteiger partial charge on any atom is -0.312 e. The highest BCUT2D eigenvalue weighted by Crippen LogP contribution is 2.04. The SMILES string of the molecule is Cn1ncc2c(=O)n(CCCCNC(C)(C)C)cnc21. The molecule has 0 aliphatic carbocycles. The zero-order valence-electron chi connectivity index (χ0n) is 12.7. The standard InChI is InChI=1S/C14H23N5O/c1-14(2,3)16-7-5-6-8-19-10-15-12-11(13(19)20)9-17-18(12)4/h9-10,16H,5-8H2,1-4H3. The molecule has 0 aliphatic rings. The van der Waals surface area contributed by atoms with Crippen LogP contribution in [0.5, 0.6) is 0 Å². The number of aryl methyl sites for hydroxylation is 2. The summed E-state index contributed by atoms with van der Waals surface area (Å²) in [5.41, 5.74) is 0.778. The second-order valence-corrected chi connectivity index (χ2v) is 6.13. The summed E-state index contributed by atoms with van der Waals surface area (Å²) in [6.45, 7) is 8.11. The normalized spacial score (nSPS) is 12.2. The first-order valence-corrected chi connectivity index (χ1v) is 7.01. The van der Waals surface area contributed by atoms with Crippen LogP contribution in [-0.4, -0.2) is 31.4 Å². The summed E-state index contributed by atoms with van der Waals surface area (Å²) in [6.07, 6.45) is 5.19. The van der Waals surface area contributed by atoms with Gasteiger partial charge in [0.25, 0.3) is 5.56 Å². The van der Waals surface area contributed by atoms with Crippen LogP contribution in [0.3, 0.4) is 0 Å². The van der Waals surface area contributed by atoms with Gasteiger partial charge in [0.05, 0.1) is 12.5 Å². The lowest BCUT2D eigenvalue weighted by molar-refractivity contribution is 0.413. The van der Waals surface area contributed by atoms with Crippen molar-refractivity contribution in [3.8, 4) is 0 Å². The van der Waals surface area contributed by atoms with Gasteiger partial charge in [0, 0.05) is 19.1 Å². The van der Waals surface area contributed by atoms with E-state index in [1.54, 1.807) is 28.8 Å². The summed E-state index contributed by atoms with van der Waals surface area (Å²) in [4.78, 5) is 16.5. The molecular formula is C14H23N5O. The van der Waals surface area contributed by atoms with Crippen LogP contribution in [0, 0.1) is 0 Å². The molecule has 0 unspecified atom stereocenters. The zero-order chi connectivity index (χ0) is 14.8. The monoisotopic (exact) mass is 277 g/mol. The van der Waals surface area contributed by atoms with Crippen LogP contribution in [0.25, 0.3) is 11.0 Å². The Morgan fingerprint density at radius 1 is 1.30 bits per heavy atom. The Morgan fingerprint density at radius 3 is 2.75 bits per heavy atom. The van der Waals surface area contributed by atoms with Crippen molar-refractivity contribution < 1.29 is 0 Å². The molecule has 1 N–H and O–H groups in total. The topological polar surface area (TPSA) is 64.7 Å². The van der Waals surface area contributed by atoms with Crippen molar-refractivity contribution in [2.75, 3.05) is 6.54 Å². The fourth-order valence-electron chi connectivity index (χ4n) is 2.10. The van der Waals surface area contributed by atoms with Crippen LogP contribution in [-0.2, 0) is 13.6 Å². The number of nitrogens with zero attached hydrogens (tertiary/aromatic N) is 4. The predicted octanol–water partition coefficient (Wildman–Crippen LogP) is 1.30. The fourth-order valence-corrected chi connectivity index (χ4v) is 2.10.